The molecule has 0 amide bonds. The minimum atomic E-state index is 0.410. The molecule has 9 nitrogen and oxygen atoms in total. The van der Waals surface area contributed by atoms with Crippen molar-refractivity contribution in [1.82, 2.24) is 29.6 Å². The lowest BCUT2D eigenvalue weighted by atomic mass is 10.2. The molecule has 1 saturated carbocycles. The molecular formula is C20H22N8O. The van der Waals surface area contributed by atoms with E-state index in [0.29, 0.717) is 30.2 Å². The van der Waals surface area contributed by atoms with Gasteiger partial charge in [0.25, 0.3) is 0 Å². The van der Waals surface area contributed by atoms with Crippen molar-refractivity contribution in [2.75, 3.05) is 18.0 Å². The molecule has 2 aliphatic heterocycles. The van der Waals surface area contributed by atoms with Gasteiger partial charge in [-0.15, -0.1) is 0 Å². The number of nitrogens with zero attached hydrogens (tertiary/aromatic N) is 8. The Morgan fingerprint density at radius 2 is 2.03 bits per heavy atom. The molecule has 6 rings (SSSR count). The van der Waals surface area contributed by atoms with Crippen LogP contribution < -0.4 is 4.90 Å². The molecular weight excluding hydrogens is 368 g/mol. The number of fused-ring (bicyclic) bond motifs is 2. The first-order chi connectivity index (χ1) is 14.2. The maximum atomic E-state index is 5.55. The summed E-state index contributed by atoms with van der Waals surface area (Å²) >= 11 is 0. The molecule has 9 heteroatoms. The highest BCUT2D eigenvalue weighted by Crippen LogP contribution is 2.57. The third-order valence-corrected chi connectivity index (χ3v) is 6.27. The van der Waals surface area contributed by atoms with Gasteiger partial charge in [0, 0.05) is 32.3 Å². The van der Waals surface area contributed by atoms with E-state index in [1.54, 1.807) is 12.7 Å². The average Bonchev–Trinajstić information content (AvgIpc) is 3.13. The summed E-state index contributed by atoms with van der Waals surface area (Å²) in [6, 6.07) is 4.23. The Kier molecular flexibility index (Phi) is 3.53. The first-order valence-corrected chi connectivity index (χ1v) is 9.94. The first kappa shape index (κ1) is 16.7. The van der Waals surface area contributed by atoms with Crippen LogP contribution in [0.4, 0.5) is 11.6 Å². The summed E-state index contributed by atoms with van der Waals surface area (Å²) in [6.07, 6.45) is 5.52. The van der Waals surface area contributed by atoms with Crippen LogP contribution in [-0.4, -0.2) is 49.0 Å². The molecule has 3 aromatic heterocycles. The number of hydrogen-bond donors (Lipinski definition) is 0. The van der Waals surface area contributed by atoms with Crippen LogP contribution in [0.2, 0.25) is 0 Å². The fourth-order valence-electron chi connectivity index (χ4n) is 4.58. The standard InChI is InChI=1S/C20H22N8O/c1-12-3-4-16(21-5-12)28-6-13-14(7-28)18(13)20-24-17(29-25-20)9-27-8-15-19(23-11-27)22-10-26(15)2/h3-5,10-11,13-14,18H,6-9H2,1-2H3/t13-,14+,18-. The van der Waals surface area contributed by atoms with Crippen molar-refractivity contribution >= 4 is 18.0 Å². The third kappa shape index (κ3) is 2.80. The van der Waals surface area contributed by atoms with E-state index in [4.69, 9.17) is 4.52 Å². The zero-order valence-corrected chi connectivity index (χ0v) is 16.4. The Labute approximate surface area is 168 Å². The molecule has 0 bridgehead atoms. The van der Waals surface area contributed by atoms with Crippen molar-refractivity contribution in [2.24, 2.45) is 23.9 Å². The third-order valence-electron chi connectivity index (χ3n) is 6.27. The fourth-order valence-corrected chi connectivity index (χ4v) is 4.58. The summed E-state index contributed by atoms with van der Waals surface area (Å²) < 4.78 is 7.54. The van der Waals surface area contributed by atoms with Gasteiger partial charge in [0.2, 0.25) is 5.89 Å². The van der Waals surface area contributed by atoms with Crippen LogP contribution in [-0.2, 0) is 20.1 Å². The summed E-state index contributed by atoms with van der Waals surface area (Å²) in [7, 11) is 1.98. The number of aryl methyl sites for hydroxylation is 2. The molecule has 3 atom stereocenters. The lowest BCUT2D eigenvalue weighted by Gasteiger charge is -2.21. The molecule has 0 aromatic carbocycles. The number of aliphatic imine (C=N–C) groups is 1. The van der Waals surface area contributed by atoms with Gasteiger partial charge >= 0.3 is 0 Å². The quantitative estimate of drug-likeness (QED) is 0.673. The highest BCUT2D eigenvalue weighted by atomic mass is 16.5. The number of rotatable bonds is 4. The number of aromatic nitrogens is 5. The van der Waals surface area contributed by atoms with Crippen molar-refractivity contribution in [1.29, 1.82) is 0 Å². The maximum absolute atomic E-state index is 5.55. The van der Waals surface area contributed by atoms with Crippen LogP contribution in [0.5, 0.6) is 0 Å². The largest absolute Gasteiger partial charge is 0.356 e. The lowest BCUT2D eigenvalue weighted by molar-refractivity contribution is 0.305. The number of anilines is 1. The van der Waals surface area contributed by atoms with E-state index in [1.807, 2.05) is 17.8 Å². The summed E-state index contributed by atoms with van der Waals surface area (Å²) in [5.74, 6) is 4.94. The Morgan fingerprint density at radius 3 is 2.83 bits per heavy atom. The zero-order chi connectivity index (χ0) is 19.5. The van der Waals surface area contributed by atoms with Crippen LogP contribution in [0.15, 0.2) is 34.2 Å². The fraction of sp³-hybridized carbons (Fsp3) is 0.450. The minimum absolute atomic E-state index is 0.410. The highest BCUT2D eigenvalue weighted by molar-refractivity contribution is 5.63. The van der Waals surface area contributed by atoms with Crippen molar-refractivity contribution in [3.05, 3.63) is 47.6 Å². The van der Waals surface area contributed by atoms with Crippen molar-refractivity contribution in [3.8, 4) is 0 Å². The molecule has 5 heterocycles. The van der Waals surface area contributed by atoms with Gasteiger partial charge in [0.15, 0.2) is 11.6 Å². The van der Waals surface area contributed by atoms with Crippen LogP contribution in [0.3, 0.4) is 0 Å². The minimum Gasteiger partial charge on any atom is -0.356 e. The SMILES string of the molecule is Cc1ccc(N2C[C@@H]3[C@H](C2)[C@@H]3c2noc(CN3C=Nc4ncn(C)c4C3)n2)nc1. The molecule has 3 aromatic rings. The van der Waals surface area contributed by atoms with Crippen LogP contribution in [0, 0.1) is 18.8 Å². The van der Waals surface area contributed by atoms with Crippen molar-refractivity contribution in [2.45, 2.75) is 25.9 Å². The topological polar surface area (TPSA) is 88.5 Å². The van der Waals surface area contributed by atoms with Gasteiger partial charge in [-0.25, -0.2) is 15.0 Å². The molecule has 148 valence electrons. The van der Waals surface area contributed by atoms with Gasteiger partial charge in [-0.3, -0.25) is 0 Å². The molecule has 1 aliphatic carbocycles. The van der Waals surface area contributed by atoms with Crippen molar-refractivity contribution < 1.29 is 4.52 Å². The van der Waals surface area contributed by atoms with Crippen LogP contribution >= 0.6 is 0 Å². The van der Waals surface area contributed by atoms with E-state index < -0.39 is 0 Å². The molecule has 0 N–H and O–H groups in total. The molecule has 0 radical (unpaired) electrons. The molecule has 3 aliphatic rings. The second-order valence-electron chi connectivity index (χ2n) is 8.27. The van der Waals surface area contributed by atoms with Gasteiger partial charge in [0.1, 0.15) is 5.82 Å². The number of imidazole rings is 1. The summed E-state index contributed by atoms with van der Waals surface area (Å²) in [4.78, 5) is 22.4. The smallest absolute Gasteiger partial charge is 0.246 e. The zero-order valence-electron chi connectivity index (χ0n) is 16.4. The molecule has 0 unspecified atom stereocenters. The van der Waals surface area contributed by atoms with E-state index in [0.717, 1.165) is 42.8 Å². The van der Waals surface area contributed by atoms with E-state index in [-0.39, 0.29) is 0 Å². The Morgan fingerprint density at radius 1 is 1.17 bits per heavy atom. The Bertz CT molecular complexity index is 1070. The van der Waals surface area contributed by atoms with Gasteiger partial charge in [-0.05, 0) is 30.4 Å². The molecule has 0 spiro atoms. The van der Waals surface area contributed by atoms with Crippen LogP contribution in [0.1, 0.15) is 28.9 Å². The van der Waals surface area contributed by atoms with Crippen molar-refractivity contribution in [3.63, 3.8) is 0 Å². The second kappa shape index (κ2) is 6.13. The maximum Gasteiger partial charge on any atom is 0.246 e. The van der Waals surface area contributed by atoms with E-state index in [9.17, 15) is 0 Å². The number of hydrogen-bond acceptors (Lipinski definition) is 8. The highest BCUT2D eigenvalue weighted by Gasteiger charge is 2.58. The monoisotopic (exact) mass is 390 g/mol. The second-order valence-corrected chi connectivity index (χ2v) is 8.27. The van der Waals surface area contributed by atoms with Gasteiger partial charge in [-0.2, -0.15) is 4.98 Å². The van der Waals surface area contributed by atoms with E-state index in [2.05, 4.69) is 54.0 Å². The van der Waals surface area contributed by atoms with Gasteiger partial charge in [-0.1, -0.05) is 11.2 Å². The average molecular weight is 390 g/mol. The molecule has 29 heavy (non-hydrogen) atoms. The van der Waals surface area contributed by atoms with Gasteiger partial charge < -0.3 is 18.9 Å². The summed E-state index contributed by atoms with van der Waals surface area (Å²) in [5.41, 5.74) is 2.28. The van der Waals surface area contributed by atoms with Gasteiger partial charge in [0.05, 0.1) is 31.4 Å². The lowest BCUT2D eigenvalue weighted by Crippen LogP contribution is -2.25. The Hall–Kier alpha value is -3.23. The van der Waals surface area contributed by atoms with E-state index in [1.165, 1.54) is 5.56 Å². The number of piperidine rings is 1. The first-order valence-electron chi connectivity index (χ1n) is 9.94. The van der Waals surface area contributed by atoms with Crippen LogP contribution in [0.25, 0.3) is 0 Å². The predicted octanol–water partition coefficient (Wildman–Crippen LogP) is 2.03. The Balaban J connectivity index is 1.09. The summed E-state index contributed by atoms with van der Waals surface area (Å²) in [5, 5.41) is 4.28. The van der Waals surface area contributed by atoms with E-state index >= 15 is 0 Å². The number of pyridine rings is 1. The molecule has 2 fully saturated rings. The predicted molar refractivity (Wildman–Crippen MR) is 106 cm³/mol. The summed E-state index contributed by atoms with van der Waals surface area (Å²) in [6.45, 7) is 5.38. The molecule has 1 saturated heterocycles. The normalized spacial score (nSPS) is 24.7.